The molecule has 0 aromatic heterocycles. The molecule has 0 saturated heterocycles. The minimum atomic E-state index is -0.582. The Kier molecular flexibility index (Phi) is 5.68. The minimum absolute atomic E-state index is 0.108. The van der Waals surface area contributed by atoms with Crippen LogP contribution in [0.2, 0.25) is 5.02 Å². The van der Waals surface area contributed by atoms with Crippen LogP contribution < -0.4 is 0 Å². The standard InChI is InChI=1S/C16H23ClO2/c1-2-19-16(12-7-4-3-5-8-12)15(18)13-9-6-10-14(17)11-13/h6,9-12,15-16,18H,2-5,7-8H2,1H3. The summed E-state index contributed by atoms with van der Waals surface area (Å²) in [5, 5.41) is 11.3. The second-order valence-corrected chi connectivity index (χ2v) is 5.75. The van der Waals surface area contributed by atoms with Crippen LogP contribution in [0.3, 0.4) is 0 Å². The molecule has 1 fully saturated rings. The number of benzene rings is 1. The van der Waals surface area contributed by atoms with E-state index in [0.717, 1.165) is 18.4 Å². The number of hydrogen-bond donors (Lipinski definition) is 1. The third-order valence-corrected chi connectivity index (χ3v) is 4.21. The number of aliphatic hydroxyl groups excluding tert-OH is 1. The first-order valence-corrected chi connectivity index (χ1v) is 7.65. The molecule has 1 aliphatic rings. The van der Waals surface area contributed by atoms with Gasteiger partial charge >= 0.3 is 0 Å². The third kappa shape index (κ3) is 3.95. The van der Waals surface area contributed by atoms with Crippen molar-refractivity contribution in [1.82, 2.24) is 0 Å². The van der Waals surface area contributed by atoms with Crippen LogP contribution >= 0.6 is 11.6 Å². The topological polar surface area (TPSA) is 29.5 Å². The van der Waals surface area contributed by atoms with Gasteiger partial charge in [-0.25, -0.2) is 0 Å². The van der Waals surface area contributed by atoms with E-state index in [1.807, 2.05) is 31.2 Å². The van der Waals surface area contributed by atoms with Gasteiger partial charge in [-0.1, -0.05) is 43.0 Å². The van der Waals surface area contributed by atoms with Crippen molar-refractivity contribution in [2.45, 2.75) is 51.2 Å². The molecule has 0 amide bonds. The van der Waals surface area contributed by atoms with Crippen molar-refractivity contribution in [2.75, 3.05) is 6.61 Å². The van der Waals surface area contributed by atoms with Gasteiger partial charge in [0, 0.05) is 11.6 Å². The molecule has 106 valence electrons. The van der Waals surface area contributed by atoms with Gasteiger partial charge in [0.2, 0.25) is 0 Å². The predicted molar refractivity (Wildman–Crippen MR) is 78.4 cm³/mol. The van der Waals surface area contributed by atoms with E-state index in [2.05, 4.69) is 0 Å². The van der Waals surface area contributed by atoms with E-state index in [-0.39, 0.29) is 6.10 Å². The van der Waals surface area contributed by atoms with Crippen LogP contribution in [0.5, 0.6) is 0 Å². The van der Waals surface area contributed by atoms with Gasteiger partial charge in [0.25, 0.3) is 0 Å². The monoisotopic (exact) mass is 282 g/mol. The Morgan fingerprint density at radius 2 is 2.05 bits per heavy atom. The van der Waals surface area contributed by atoms with E-state index >= 15 is 0 Å². The Labute approximate surface area is 120 Å². The second kappa shape index (κ2) is 7.28. The number of halogens is 1. The molecule has 1 aliphatic carbocycles. The fraction of sp³-hybridized carbons (Fsp3) is 0.625. The van der Waals surface area contributed by atoms with Crippen LogP contribution in [0.15, 0.2) is 24.3 Å². The summed E-state index contributed by atoms with van der Waals surface area (Å²) in [6.45, 7) is 2.62. The molecule has 0 radical (unpaired) electrons. The Morgan fingerprint density at radius 1 is 1.32 bits per heavy atom. The highest BCUT2D eigenvalue weighted by Gasteiger charge is 2.31. The summed E-state index contributed by atoms with van der Waals surface area (Å²) in [6, 6.07) is 7.46. The largest absolute Gasteiger partial charge is 0.386 e. The molecule has 0 bridgehead atoms. The van der Waals surface area contributed by atoms with Gasteiger partial charge in [-0.3, -0.25) is 0 Å². The molecular formula is C16H23ClO2. The molecule has 2 unspecified atom stereocenters. The number of aliphatic hydroxyl groups is 1. The van der Waals surface area contributed by atoms with Gasteiger partial charge in [-0.2, -0.15) is 0 Å². The van der Waals surface area contributed by atoms with Gasteiger partial charge < -0.3 is 9.84 Å². The number of rotatable bonds is 5. The van der Waals surface area contributed by atoms with Crippen molar-refractivity contribution in [3.8, 4) is 0 Å². The zero-order valence-corrected chi connectivity index (χ0v) is 12.3. The fourth-order valence-electron chi connectivity index (χ4n) is 3.02. The molecule has 2 nitrogen and oxygen atoms in total. The molecule has 3 heteroatoms. The number of ether oxygens (including phenoxy) is 1. The summed E-state index contributed by atoms with van der Waals surface area (Å²) in [6.07, 6.45) is 5.42. The Bertz CT molecular complexity index is 388. The number of hydrogen-bond acceptors (Lipinski definition) is 2. The first-order chi connectivity index (χ1) is 9.22. The van der Waals surface area contributed by atoms with Crippen molar-refractivity contribution in [1.29, 1.82) is 0 Å². The quantitative estimate of drug-likeness (QED) is 0.869. The Hall–Kier alpha value is -0.570. The van der Waals surface area contributed by atoms with Crippen molar-refractivity contribution < 1.29 is 9.84 Å². The highest BCUT2D eigenvalue weighted by atomic mass is 35.5. The Morgan fingerprint density at radius 3 is 2.68 bits per heavy atom. The molecule has 1 saturated carbocycles. The van der Waals surface area contributed by atoms with E-state index in [1.165, 1.54) is 19.3 Å². The highest BCUT2D eigenvalue weighted by Crippen LogP contribution is 2.34. The van der Waals surface area contributed by atoms with Crippen molar-refractivity contribution >= 4 is 11.6 Å². The lowest BCUT2D eigenvalue weighted by Crippen LogP contribution is -2.32. The lowest BCUT2D eigenvalue weighted by atomic mass is 9.82. The smallest absolute Gasteiger partial charge is 0.105 e. The Balaban J connectivity index is 2.12. The molecule has 2 rings (SSSR count). The molecule has 19 heavy (non-hydrogen) atoms. The molecule has 1 aromatic carbocycles. The summed E-state index contributed by atoms with van der Waals surface area (Å²) in [5.41, 5.74) is 0.858. The van der Waals surface area contributed by atoms with Crippen molar-refractivity contribution in [3.05, 3.63) is 34.9 Å². The maximum absolute atomic E-state index is 10.6. The van der Waals surface area contributed by atoms with E-state index < -0.39 is 6.10 Å². The van der Waals surface area contributed by atoms with Gasteiger partial charge in [0.1, 0.15) is 6.10 Å². The minimum Gasteiger partial charge on any atom is -0.386 e. The molecule has 0 spiro atoms. The maximum Gasteiger partial charge on any atom is 0.105 e. The van der Waals surface area contributed by atoms with Gasteiger partial charge in [-0.05, 0) is 43.4 Å². The van der Waals surface area contributed by atoms with Crippen molar-refractivity contribution in [2.24, 2.45) is 5.92 Å². The molecular weight excluding hydrogens is 260 g/mol. The second-order valence-electron chi connectivity index (χ2n) is 5.32. The van der Waals surface area contributed by atoms with Gasteiger partial charge in [-0.15, -0.1) is 0 Å². The summed E-state index contributed by atoms with van der Waals surface area (Å²) in [5.74, 6) is 0.461. The maximum atomic E-state index is 10.6. The van der Waals surface area contributed by atoms with Crippen molar-refractivity contribution in [3.63, 3.8) is 0 Å². The first kappa shape index (κ1) is 14.8. The summed E-state index contributed by atoms with van der Waals surface area (Å²) in [4.78, 5) is 0. The normalized spacial score (nSPS) is 20.2. The molecule has 1 N–H and O–H groups in total. The molecule has 0 heterocycles. The zero-order chi connectivity index (χ0) is 13.7. The summed E-state index contributed by atoms with van der Waals surface area (Å²) in [7, 11) is 0. The van der Waals surface area contributed by atoms with Crippen LogP contribution in [0.1, 0.15) is 50.7 Å². The third-order valence-electron chi connectivity index (χ3n) is 3.97. The molecule has 2 atom stereocenters. The van der Waals surface area contributed by atoms with Gasteiger partial charge in [0.05, 0.1) is 6.10 Å². The van der Waals surface area contributed by atoms with Gasteiger partial charge in [0.15, 0.2) is 0 Å². The average Bonchev–Trinajstić information content (AvgIpc) is 2.45. The predicted octanol–water partition coefficient (Wildman–Crippen LogP) is 4.36. The van der Waals surface area contributed by atoms with E-state index in [1.54, 1.807) is 0 Å². The van der Waals surface area contributed by atoms with E-state index in [0.29, 0.717) is 17.5 Å². The van der Waals surface area contributed by atoms with Crippen LogP contribution in [-0.2, 0) is 4.74 Å². The lowest BCUT2D eigenvalue weighted by molar-refractivity contribution is -0.0739. The molecule has 1 aromatic rings. The molecule has 0 aliphatic heterocycles. The van der Waals surface area contributed by atoms with E-state index in [4.69, 9.17) is 16.3 Å². The van der Waals surface area contributed by atoms with Crippen LogP contribution in [0.4, 0.5) is 0 Å². The lowest BCUT2D eigenvalue weighted by Gasteiger charge is -2.33. The zero-order valence-electron chi connectivity index (χ0n) is 11.5. The first-order valence-electron chi connectivity index (χ1n) is 7.27. The average molecular weight is 283 g/mol. The fourth-order valence-corrected chi connectivity index (χ4v) is 3.22. The van der Waals surface area contributed by atoms with Crippen LogP contribution in [0.25, 0.3) is 0 Å². The van der Waals surface area contributed by atoms with Crippen LogP contribution in [-0.4, -0.2) is 17.8 Å². The summed E-state index contributed by atoms with van der Waals surface area (Å²) < 4.78 is 5.84. The summed E-state index contributed by atoms with van der Waals surface area (Å²) >= 11 is 6.00. The van der Waals surface area contributed by atoms with Crippen LogP contribution in [0, 0.1) is 5.92 Å². The van der Waals surface area contributed by atoms with E-state index in [9.17, 15) is 5.11 Å². The highest BCUT2D eigenvalue weighted by molar-refractivity contribution is 6.30. The SMILES string of the molecule is CCOC(C1CCCCC1)C(O)c1cccc(Cl)c1.